The number of hydrogen-bond donors (Lipinski definition) is 4. The molecular formula is C37H41Cl2F3N6O11S3. The molecule has 4 aromatic rings. The van der Waals surface area contributed by atoms with Crippen LogP contribution in [0.25, 0.3) is 10.9 Å². The van der Waals surface area contributed by atoms with Crippen LogP contribution in [0.1, 0.15) is 45.6 Å². The number of alkyl halides is 3. The number of sulfonamides is 1. The van der Waals surface area contributed by atoms with Gasteiger partial charge in [0, 0.05) is 65.5 Å². The average Bonchev–Trinajstić information content (AvgIpc) is 3.67. The van der Waals surface area contributed by atoms with Gasteiger partial charge in [-0.25, -0.2) is 13.4 Å². The molecular weight excluding hydrogens is 929 g/mol. The molecule has 0 radical (unpaired) electrons. The molecule has 2 aliphatic heterocycles. The van der Waals surface area contributed by atoms with Gasteiger partial charge in [0.25, 0.3) is 26.1 Å². The molecule has 0 bridgehead atoms. The highest BCUT2D eigenvalue weighted by atomic mass is 35.5. The Bertz CT molecular complexity index is 2640. The van der Waals surface area contributed by atoms with Crippen molar-refractivity contribution in [1.82, 2.24) is 19.1 Å². The van der Waals surface area contributed by atoms with Crippen LogP contribution in [0.5, 0.6) is 5.75 Å². The first kappa shape index (κ1) is 50.0. The first-order valence-corrected chi connectivity index (χ1v) is 23.9. The quantitative estimate of drug-likeness (QED) is 0.104. The normalized spacial score (nSPS) is 16.2. The van der Waals surface area contributed by atoms with Crippen LogP contribution in [0.2, 0.25) is 10.0 Å². The second kappa shape index (κ2) is 19.8. The lowest BCUT2D eigenvalue weighted by Crippen LogP contribution is -2.55. The molecule has 25 heteroatoms. The van der Waals surface area contributed by atoms with E-state index >= 15 is 0 Å². The maximum Gasteiger partial charge on any atom is 0.417 e. The van der Waals surface area contributed by atoms with Crippen molar-refractivity contribution >= 4 is 82.0 Å². The van der Waals surface area contributed by atoms with Crippen LogP contribution in [-0.4, -0.2) is 122 Å². The number of ether oxygens (including phenoxy) is 1. The third-order valence-electron chi connectivity index (χ3n) is 9.16. The standard InChI is InChI=1S/C35H33Cl2F3N6O5S.2CH4O3S/c1-20-18-25(35(38,39)40)23-4-2-6-28(31(23)43-20)51-19-24-26(36)11-12-29(30(24)37)52(49,50)46-13-3-5-27(46)34(48)45-16-14-44(15-17-45)33(47)22-9-7-21(8-10-22)32(41)42;2*1-5(2,3)4/h2,4,6-12,18,27H,3,5,13-17,19H2,1H3,(H3,41,42);2*1H3,(H,2,3,4)/t27-;;/m0../s1. The number of piperazine rings is 1. The molecule has 338 valence electrons. The van der Waals surface area contributed by atoms with Crippen molar-refractivity contribution < 1.29 is 61.9 Å². The fourth-order valence-electron chi connectivity index (χ4n) is 6.48. The Morgan fingerprint density at radius 1 is 0.887 bits per heavy atom. The summed E-state index contributed by atoms with van der Waals surface area (Å²) in [5.41, 5.74) is 5.72. The summed E-state index contributed by atoms with van der Waals surface area (Å²) >= 11 is 13.1. The van der Waals surface area contributed by atoms with E-state index in [4.69, 9.17) is 48.2 Å². The Hall–Kier alpha value is -4.62. The van der Waals surface area contributed by atoms with E-state index in [9.17, 15) is 48.0 Å². The predicted molar refractivity (Wildman–Crippen MR) is 224 cm³/mol. The van der Waals surface area contributed by atoms with Crippen LogP contribution in [0.4, 0.5) is 13.2 Å². The molecule has 3 aromatic carbocycles. The Morgan fingerprint density at radius 2 is 1.44 bits per heavy atom. The van der Waals surface area contributed by atoms with Crippen LogP contribution in [0.3, 0.4) is 0 Å². The maximum atomic E-state index is 14.1. The Kier molecular flexibility index (Phi) is 16.0. The first-order valence-electron chi connectivity index (χ1n) is 18.0. The van der Waals surface area contributed by atoms with Crippen LogP contribution in [0, 0.1) is 12.3 Å². The zero-order chi connectivity index (χ0) is 46.5. The molecule has 0 aliphatic carbocycles. The largest absolute Gasteiger partial charge is 0.487 e. The molecule has 62 heavy (non-hydrogen) atoms. The first-order chi connectivity index (χ1) is 28.6. The second-order valence-corrected chi connectivity index (χ2v) is 19.5. The summed E-state index contributed by atoms with van der Waals surface area (Å²) in [4.78, 5) is 33.9. The third-order valence-corrected chi connectivity index (χ3v) is 12.0. The lowest BCUT2D eigenvalue weighted by molar-refractivity contribution is -0.137. The van der Waals surface area contributed by atoms with E-state index in [0.717, 1.165) is 10.4 Å². The van der Waals surface area contributed by atoms with E-state index in [-0.39, 0.29) is 106 Å². The van der Waals surface area contributed by atoms with Gasteiger partial charge in [0.2, 0.25) is 15.9 Å². The molecule has 3 heterocycles. The van der Waals surface area contributed by atoms with Gasteiger partial charge in [-0.2, -0.15) is 34.3 Å². The molecule has 5 N–H and O–H groups in total. The number of amides is 2. The lowest BCUT2D eigenvalue weighted by Gasteiger charge is -2.37. The summed E-state index contributed by atoms with van der Waals surface area (Å²) in [5, 5.41) is 7.19. The number of benzene rings is 3. The van der Waals surface area contributed by atoms with E-state index in [0.29, 0.717) is 30.1 Å². The zero-order valence-corrected chi connectivity index (χ0v) is 37.0. The number of nitrogen functional groups attached to an aromatic ring is 1. The molecule has 17 nitrogen and oxygen atoms in total. The van der Waals surface area contributed by atoms with Crippen molar-refractivity contribution in [3.63, 3.8) is 0 Å². The number of amidine groups is 1. The summed E-state index contributed by atoms with van der Waals surface area (Å²) in [5.74, 6) is -0.711. The molecule has 0 saturated carbocycles. The van der Waals surface area contributed by atoms with Crippen molar-refractivity contribution in [3.8, 4) is 5.75 Å². The summed E-state index contributed by atoms with van der Waals surface area (Å²) in [6.45, 7) is 2.02. The number of para-hydroxylation sites is 1. The van der Waals surface area contributed by atoms with Crippen molar-refractivity contribution in [3.05, 3.63) is 98.7 Å². The summed E-state index contributed by atoms with van der Waals surface area (Å²) in [6.07, 6.45) is -2.49. The molecule has 1 aromatic heterocycles. The number of nitrogens with zero attached hydrogens (tertiary/aromatic N) is 4. The number of aromatic nitrogens is 1. The number of rotatable bonds is 8. The van der Waals surface area contributed by atoms with Gasteiger partial charge in [0.05, 0.1) is 23.1 Å². The van der Waals surface area contributed by atoms with Crippen molar-refractivity contribution in [2.24, 2.45) is 5.73 Å². The number of nitrogens with two attached hydrogens (primary N) is 1. The predicted octanol–water partition coefficient (Wildman–Crippen LogP) is 4.88. The lowest BCUT2D eigenvalue weighted by atomic mass is 10.1. The van der Waals surface area contributed by atoms with Gasteiger partial charge >= 0.3 is 6.18 Å². The minimum Gasteiger partial charge on any atom is -0.487 e. The van der Waals surface area contributed by atoms with Crippen LogP contribution >= 0.6 is 23.2 Å². The number of fused-ring (bicyclic) bond motifs is 1. The van der Waals surface area contributed by atoms with E-state index in [2.05, 4.69) is 4.98 Å². The topological polar surface area (TPSA) is 259 Å². The number of aryl methyl sites for hydroxylation is 1. The highest BCUT2D eigenvalue weighted by Gasteiger charge is 2.43. The summed E-state index contributed by atoms with van der Waals surface area (Å²) in [6, 6.07) is 13.0. The van der Waals surface area contributed by atoms with Crippen LogP contribution < -0.4 is 10.5 Å². The SMILES string of the molecule is CS(=O)(=O)O.CS(=O)(=O)O.Cc1cc(C(F)(F)F)c2cccc(OCc3c(Cl)ccc(S(=O)(=O)N4CCC[C@H]4C(=O)N4CCN(C(=O)c5ccc(C(=N)N)cc5)CC4)c3Cl)c2n1. The number of carbonyl (C=O) groups excluding carboxylic acids is 2. The molecule has 2 aliphatic rings. The minimum atomic E-state index is -4.63. The van der Waals surface area contributed by atoms with Gasteiger partial charge in [0.1, 0.15) is 34.6 Å². The van der Waals surface area contributed by atoms with Gasteiger partial charge in [-0.3, -0.25) is 24.1 Å². The van der Waals surface area contributed by atoms with Gasteiger partial charge in [-0.15, -0.1) is 0 Å². The zero-order valence-electron chi connectivity index (χ0n) is 33.1. The van der Waals surface area contributed by atoms with Gasteiger partial charge in [0.15, 0.2) is 0 Å². The number of nitrogens with one attached hydrogen (secondary N) is 1. The number of hydrogen-bond acceptors (Lipinski definition) is 11. The smallest absolute Gasteiger partial charge is 0.417 e. The van der Waals surface area contributed by atoms with Crippen molar-refractivity contribution in [2.45, 2.75) is 43.5 Å². The number of halogens is 5. The number of pyridine rings is 1. The molecule has 0 spiro atoms. The molecule has 0 unspecified atom stereocenters. The highest BCUT2D eigenvalue weighted by Crippen LogP contribution is 2.39. The van der Waals surface area contributed by atoms with Crippen molar-refractivity contribution in [1.29, 1.82) is 5.41 Å². The fraction of sp³-hybridized carbons (Fsp3) is 0.351. The monoisotopic (exact) mass is 968 g/mol. The maximum absolute atomic E-state index is 14.1. The van der Waals surface area contributed by atoms with Crippen LogP contribution in [0.15, 0.2) is 65.6 Å². The van der Waals surface area contributed by atoms with E-state index < -0.39 is 48.0 Å². The molecule has 6 rings (SSSR count). The molecule has 2 fully saturated rings. The Balaban J connectivity index is 0.000000759. The van der Waals surface area contributed by atoms with Crippen molar-refractivity contribution in [2.75, 3.05) is 45.2 Å². The molecule has 2 saturated heterocycles. The highest BCUT2D eigenvalue weighted by molar-refractivity contribution is 7.89. The van der Waals surface area contributed by atoms with E-state index in [1.807, 2.05) is 0 Å². The van der Waals surface area contributed by atoms with Gasteiger partial charge in [-0.1, -0.05) is 47.5 Å². The van der Waals surface area contributed by atoms with Gasteiger partial charge in [-0.05, 0) is 56.2 Å². The fourth-order valence-corrected chi connectivity index (χ4v) is 8.99. The number of carbonyl (C=O) groups is 2. The second-order valence-electron chi connectivity index (χ2n) is 13.9. The third kappa shape index (κ3) is 13.2. The summed E-state index contributed by atoms with van der Waals surface area (Å²) in [7, 11) is -11.7. The average molecular weight is 970 g/mol. The summed E-state index contributed by atoms with van der Waals surface area (Å²) < 4.78 is 128. The minimum absolute atomic E-state index is 0.0185. The van der Waals surface area contributed by atoms with E-state index in [1.54, 1.807) is 34.1 Å². The molecule has 2 amide bonds. The van der Waals surface area contributed by atoms with Gasteiger partial charge < -0.3 is 20.3 Å². The van der Waals surface area contributed by atoms with E-state index in [1.165, 1.54) is 37.3 Å². The Morgan fingerprint density at radius 3 is 1.98 bits per heavy atom. The Labute approximate surface area is 365 Å². The molecule has 1 atom stereocenters. The van der Waals surface area contributed by atoms with Crippen LogP contribution in [-0.2, 0) is 47.8 Å².